The lowest BCUT2D eigenvalue weighted by Crippen LogP contribution is -2.32. The van der Waals surface area contributed by atoms with Crippen LogP contribution in [0.2, 0.25) is 0 Å². The minimum Gasteiger partial charge on any atom is -0.348 e. The van der Waals surface area contributed by atoms with Gasteiger partial charge in [0.1, 0.15) is 0 Å². The number of aryl methyl sites for hydroxylation is 1. The summed E-state index contributed by atoms with van der Waals surface area (Å²) in [5, 5.41) is 4.75. The quantitative estimate of drug-likeness (QED) is 0.702. The predicted molar refractivity (Wildman–Crippen MR) is 88.7 cm³/mol. The van der Waals surface area contributed by atoms with E-state index in [4.69, 9.17) is 4.98 Å². The average molecular weight is 295 g/mol. The number of anilines is 1. The molecule has 0 amide bonds. The van der Waals surface area contributed by atoms with Crippen LogP contribution in [0.5, 0.6) is 0 Å². The molecule has 0 spiro atoms. The van der Waals surface area contributed by atoms with Crippen LogP contribution in [-0.2, 0) is 13.0 Å². The number of nitrogens with zero attached hydrogens (tertiary/aromatic N) is 2. The van der Waals surface area contributed by atoms with E-state index in [1.165, 1.54) is 47.9 Å². The summed E-state index contributed by atoms with van der Waals surface area (Å²) in [4.78, 5) is 8.81. The van der Waals surface area contributed by atoms with Gasteiger partial charge in [0, 0.05) is 24.5 Å². The molecule has 1 aromatic rings. The highest BCUT2D eigenvalue weighted by Gasteiger charge is 2.22. The van der Waals surface area contributed by atoms with Gasteiger partial charge in [0.2, 0.25) is 0 Å². The van der Waals surface area contributed by atoms with E-state index in [2.05, 4.69) is 31.0 Å². The summed E-state index contributed by atoms with van der Waals surface area (Å²) in [7, 11) is 0. The summed E-state index contributed by atoms with van der Waals surface area (Å²) < 4.78 is 0. The Balaban J connectivity index is 2.01. The zero-order chi connectivity index (χ0) is 14.4. The van der Waals surface area contributed by atoms with Crippen LogP contribution in [0, 0.1) is 5.92 Å². The predicted octanol–water partition coefficient (Wildman–Crippen LogP) is 3.83. The molecule has 3 nitrogen and oxygen atoms in total. The topological polar surface area (TPSA) is 28.2 Å². The Bertz CT molecular complexity index is 398. The van der Waals surface area contributed by atoms with Crippen LogP contribution < -0.4 is 10.2 Å². The first-order valence-corrected chi connectivity index (χ1v) is 9.04. The van der Waals surface area contributed by atoms with E-state index in [-0.39, 0.29) is 0 Å². The molecule has 1 N–H and O–H groups in total. The number of nitrogens with one attached hydrogen (secondary N) is 1. The molecule has 1 fully saturated rings. The highest BCUT2D eigenvalue weighted by atomic mass is 32.1. The van der Waals surface area contributed by atoms with E-state index in [1.807, 2.05) is 11.3 Å². The highest BCUT2D eigenvalue weighted by Crippen LogP contribution is 2.32. The van der Waals surface area contributed by atoms with Gasteiger partial charge in [-0.3, -0.25) is 0 Å². The first kappa shape index (κ1) is 15.8. The van der Waals surface area contributed by atoms with Crippen molar-refractivity contribution >= 4 is 16.5 Å². The van der Waals surface area contributed by atoms with Gasteiger partial charge < -0.3 is 10.2 Å². The Morgan fingerprint density at radius 1 is 1.30 bits per heavy atom. The van der Waals surface area contributed by atoms with Gasteiger partial charge in [-0.15, -0.1) is 11.3 Å². The lowest BCUT2D eigenvalue weighted by Gasteiger charge is -2.31. The van der Waals surface area contributed by atoms with Gasteiger partial charge in [-0.25, -0.2) is 4.98 Å². The van der Waals surface area contributed by atoms with Gasteiger partial charge in [-0.1, -0.05) is 20.3 Å². The summed E-state index contributed by atoms with van der Waals surface area (Å²) >= 11 is 1.90. The van der Waals surface area contributed by atoms with Crippen LogP contribution in [0.25, 0.3) is 0 Å². The molecule has 20 heavy (non-hydrogen) atoms. The molecule has 1 aliphatic rings. The summed E-state index contributed by atoms with van der Waals surface area (Å²) in [5.74, 6) is 0.908. The zero-order valence-corrected chi connectivity index (χ0v) is 14.1. The van der Waals surface area contributed by atoms with E-state index in [0.717, 1.165) is 32.0 Å². The zero-order valence-electron chi connectivity index (χ0n) is 13.2. The fourth-order valence-corrected chi connectivity index (χ4v) is 3.82. The Morgan fingerprint density at radius 3 is 2.65 bits per heavy atom. The van der Waals surface area contributed by atoms with E-state index in [0.29, 0.717) is 0 Å². The number of hydrogen-bond acceptors (Lipinski definition) is 4. The van der Waals surface area contributed by atoms with Crippen molar-refractivity contribution in [1.82, 2.24) is 10.3 Å². The minimum atomic E-state index is 0.908. The second kappa shape index (κ2) is 7.99. The monoisotopic (exact) mass is 295 g/mol. The molecule has 0 saturated heterocycles. The summed E-state index contributed by atoms with van der Waals surface area (Å²) in [5.41, 5.74) is 1.29. The van der Waals surface area contributed by atoms with Crippen LogP contribution >= 0.6 is 11.3 Å². The van der Waals surface area contributed by atoms with Crippen molar-refractivity contribution < 1.29 is 0 Å². The number of hydrogen-bond donors (Lipinski definition) is 1. The Morgan fingerprint density at radius 2 is 2.10 bits per heavy atom. The molecular weight excluding hydrogens is 266 g/mol. The molecule has 4 heteroatoms. The fraction of sp³-hybridized carbons (Fsp3) is 0.812. The Hall–Kier alpha value is -0.610. The maximum absolute atomic E-state index is 4.89. The van der Waals surface area contributed by atoms with Crippen LogP contribution in [0.3, 0.4) is 0 Å². The average Bonchev–Trinajstić information content (AvgIpc) is 2.81. The Labute approximate surface area is 127 Å². The first-order chi connectivity index (χ1) is 9.78. The smallest absolute Gasteiger partial charge is 0.185 e. The van der Waals surface area contributed by atoms with Crippen molar-refractivity contribution in [2.24, 2.45) is 5.92 Å². The molecule has 1 aromatic heterocycles. The van der Waals surface area contributed by atoms with Gasteiger partial charge >= 0.3 is 0 Å². The molecule has 0 atom stereocenters. The third-order valence-corrected chi connectivity index (χ3v) is 5.33. The third-order valence-electron chi connectivity index (χ3n) is 4.17. The van der Waals surface area contributed by atoms with Crippen molar-refractivity contribution in [2.75, 3.05) is 24.5 Å². The van der Waals surface area contributed by atoms with E-state index in [9.17, 15) is 0 Å². The highest BCUT2D eigenvalue weighted by molar-refractivity contribution is 7.15. The molecule has 0 aliphatic heterocycles. The summed E-state index contributed by atoms with van der Waals surface area (Å²) in [6, 6.07) is 0. The van der Waals surface area contributed by atoms with E-state index in [1.54, 1.807) is 0 Å². The molecule has 1 aliphatic carbocycles. The van der Waals surface area contributed by atoms with Gasteiger partial charge in [0.05, 0.1) is 5.69 Å². The molecule has 1 heterocycles. The van der Waals surface area contributed by atoms with Crippen molar-refractivity contribution in [2.45, 2.75) is 59.4 Å². The molecule has 0 aromatic carbocycles. The lowest BCUT2D eigenvalue weighted by atomic mass is 9.85. The number of aromatic nitrogens is 1. The van der Waals surface area contributed by atoms with Crippen LogP contribution in [-0.4, -0.2) is 24.6 Å². The SMILES string of the molecule is CCCNCc1sc(N(CC)CC2CCC2)nc1CC. The molecule has 0 radical (unpaired) electrons. The van der Waals surface area contributed by atoms with Gasteiger partial charge in [-0.2, -0.15) is 0 Å². The van der Waals surface area contributed by atoms with E-state index >= 15 is 0 Å². The number of rotatable bonds is 9. The van der Waals surface area contributed by atoms with Crippen LogP contribution in [0.4, 0.5) is 5.13 Å². The first-order valence-electron chi connectivity index (χ1n) is 8.22. The third kappa shape index (κ3) is 3.95. The van der Waals surface area contributed by atoms with Crippen molar-refractivity contribution in [3.05, 3.63) is 10.6 Å². The second-order valence-electron chi connectivity index (χ2n) is 5.73. The summed E-state index contributed by atoms with van der Waals surface area (Å²) in [6.45, 7) is 11.0. The van der Waals surface area contributed by atoms with Crippen molar-refractivity contribution in [3.63, 3.8) is 0 Å². The maximum Gasteiger partial charge on any atom is 0.185 e. The standard InChI is InChI=1S/C16H29N3S/c1-4-10-17-11-15-14(5-2)18-16(20-15)19(6-3)12-13-8-7-9-13/h13,17H,4-12H2,1-3H3. The maximum atomic E-state index is 4.89. The van der Waals surface area contributed by atoms with Crippen LogP contribution in [0.15, 0.2) is 0 Å². The van der Waals surface area contributed by atoms with Crippen LogP contribution in [0.1, 0.15) is 57.0 Å². The Kier molecular flexibility index (Phi) is 6.30. The van der Waals surface area contributed by atoms with Gasteiger partial charge in [0.25, 0.3) is 0 Å². The van der Waals surface area contributed by atoms with E-state index < -0.39 is 0 Å². The molecule has 0 unspecified atom stereocenters. The summed E-state index contributed by atoms with van der Waals surface area (Å²) in [6.07, 6.45) is 6.48. The second-order valence-corrected chi connectivity index (χ2v) is 6.79. The minimum absolute atomic E-state index is 0.908. The normalized spacial score (nSPS) is 15.3. The van der Waals surface area contributed by atoms with Gasteiger partial charge in [-0.05, 0) is 45.1 Å². The molecule has 0 bridgehead atoms. The van der Waals surface area contributed by atoms with Crippen molar-refractivity contribution in [3.8, 4) is 0 Å². The molecule has 2 rings (SSSR count). The molecular formula is C16H29N3S. The lowest BCUT2D eigenvalue weighted by molar-refractivity contribution is 0.318. The molecule has 1 saturated carbocycles. The largest absolute Gasteiger partial charge is 0.348 e. The fourth-order valence-electron chi connectivity index (χ4n) is 2.63. The molecule has 114 valence electrons. The number of thiazole rings is 1. The van der Waals surface area contributed by atoms with Gasteiger partial charge in [0.15, 0.2) is 5.13 Å². The van der Waals surface area contributed by atoms with Crippen molar-refractivity contribution in [1.29, 1.82) is 0 Å².